The first-order valence-electron chi connectivity index (χ1n) is 21.0. The summed E-state index contributed by atoms with van der Waals surface area (Å²) in [5.74, 6) is -1.98. The molecule has 6 aromatic rings. The molecule has 10 nitrogen and oxygen atoms in total. The summed E-state index contributed by atoms with van der Waals surface area (Å²) in [6.07, 6.45) is 0.372. The summed E-state index contributed by atoms with van der Waals surface area (Å²) in [6, 6.07) is 16.4. The lowest BCUT2D eigenvalue weighted by Crippen LogP contribution is -2.28. The predicted octanol–water partition coefficient (Wildman–Crippen LogP) is 12.5. The summed E-state index contributed by atoms with van der Waals surface area (Å²) in [5.41, 5.74) is 4.33. The van der Waals surface area contributed by atoms with E-state index < -0.39 is 47.0 Å². The Morgan fingerprint density at radius 1 is 0.641 bits per heavy atom. The van der Waals surface area contributed by atoms with Gasteiger partial charge in [-0.2, -0.15) is 0 Å². The molecule has 2 aromatic heterocycles. The average molecular weight is 916 g/mol. The highest BCUT2D eigenvalue weighted by atomic mass is 35.5. The molecule has 0 spiro atoms. The highest BCUT2D eigenvalue weighted by Crippen LogP contribution is 2.48. The standard InChI is InChI=1S/2C25H25ClFNO4/c2*1-13-19(23(24(29)30)32-25(2,3)4)20(21-16(27)8-5-9-17(21)28-13)15-10-11-18-14(22(15)26)7-6-12-31-18/h2*5,8-11,23H,6-7,12H2,1-4H3,(H,29,30)/t2*23-/m00/s1. The largest absolute Gasteiger partial charge is 0.493 e. The van der Waals surface area contributed by atoms with Gasteiger partial charge >= 0.3 is 11.9 Å². The molecule has 0 bridgehead atoms. The number of aryl methyl sites for hydroxylation is 2. The maximum absolute atomic E-state index is 15.2. The van der Waals surface area contributed by atoms with Crippen LogP contribution in [0.25, 0.3) is 44.1 Å². The van der Waals surface area contributed by atoms with Gasteiger partial charge < -0.3 is 29.2 Å². The summed E-state index contributed by atoms with van der Waals surface area (Å²) in [5, 5.41) is 21.5. The summed E-state index contributed by atoms with van der Waals surface area (Å²) in [6.45, 7) is 15.3. The van der Waals surface area contributed by atoms with Crippen LogP contribution in [0.4, 0.5) is 8.78 Å². The Balaban J connectivity index is 0.000000191. The summed E-state index contributed by atoms with van der Waals surface area (Å²) in [4.78, 5) is 33.7. The molecule has 8 rings (SSSR count). The topological polar surface area (TPSA) is 137 Å². The van der Waals surface area contributed by atoms with Gasteiger partial charge in [0.25, 0.3) is 0 Å². The monoisotopic (exact) mass is 914 g/mol. The molecule has 0 fully saturated rings. The second-order valence-electron chi connectivity index (χ2n) is 17.8. The zero-order valence-electron chi connectivity index (χ0n) is 36.9. The van der Waals surface area contributed by atoms with Gasteiger partial charge in [-0.05, 0) is 130 Å². The summed E-state index contributed by atoms with van der Waals surface area (Å²) in [7, 11) is 0. The van der Waals surface area contributed by atoms with Crippen molar-refractivity contribution in [3.8, 4) is 33.8 Å². The minimum atomic E-state index is -1.36. The molecule has 0 unspecified atom stereocenters. The molecular formula is C50H50Cl2F2N2O8. The van der Waals surface area contributed by atoms with Crippen LogP contribution in [-0.2, 0) is 31.9 Å². The Labute approximate surface area is 380 Å². The molecule has 2 atom stereocenters. The molecule has 2 N–H and O–H groups in total. The third kappa shape index (κ3) is 9.38. The van der Waals surface area contributed by atoms with E-state index in [1.54, 1.807) is 91.8 Å². The van der Waals surface area contributed by atoms with Gasteiger partial charge in [0.2, 0.25) is 0 Å². The third-order valence-electron chi connectivity index (χ3n) is 10.9. The van der Waals surface area contributed by atoms with E-state index in [9.17, 15) is 19.8 Å². The smallest absolute Gasteiger partial charge is 0.337 e. The second kappa shape index (κ2) is 18.2. The Morgan fingerprint density at radius 2 is 1.02 bits per heavy atom. The zero-order chi connectivity index (χ0) is 46.4. The first-order chi connectivity index (χ1) is 30.2. The molecule has 14 heteroatoms. The van der Waals surface area contributed by atoms with Crippen LogP contribution in [0.1, 0.15) is 100 Å². The molecule has 0 amide bonds. The molecule has 4 aromatic carbocycles. The Morgan fingerprint density at radius 3 is 1.36 bits per heavy atom. The fraction of sp³-hybridized carbons (Fsp3) is 0.360. The number of hydrogen-bond acceptors (Lipinski definition) is 8. The predicted molar refractivity (Wildman–Crippen MR) is 244 cm³/mol. The minimum absolute atomic E-state index is 0.218. The van der Waals surface area contributed by atoms with Crippen molar-refractivity contribution in [1.82, 2.24) is 9.97 Å². The number of carboxylic acid groups (broad SMARTS) is 2. The quantitative estimate of drug-likeness (QED) is 0.152. The minimum Gasteiger partial charge on any atom is -0.493 e. The van der Waals surface area contributed by atoms with Gasteiger partial charge in [-0.25, -0.2) is 18.4 Å². The fourth-order valence-electron chi connectivity index (χ4n) is 8.39. The molecule has 4 heterocycles. The van der Waals surface area contributed by atoms with Crippen molar-refractivity contribution in [3.05, 3.63) is 116 Å². The Bertz CT molecular complexity index is 2630. The van der Waals surface area contributed by atoms with Crippen LogP contribution in [0.2, 0.25) is 10.0 Å². The lowest BCUT2D eigenvalue weighted by molar-refractivity contribution is -0.161. The maximum Gasteiger partial charge on any atom is 0.337 e. The lowest BCUT2D eigenvalue weighted by atomic mass is 9.89. The van der Waals surface area contributed by atoms with Crippen LogP contribution in [0.5, 0.6) is 11.5 Å². The number of carbonyl (C=O) groups is 2. The number of fused-ring (bicyclic) bond motifs is 4. The van der Waals surface area contributed by atoms with Crippen LogP contribution >= 0.6 is 23.2 Å². The highest BCUT2D eigenvalue weighted by Gasteiger charge is 2.36. The molecule has 0 aliphatic carbocycles. The van der Waals surface area contributed by atoms with E-state index in [4.69, 9.17) is 42.1 Å². The van der Waals surface area contributed by atoms with Crippen molar-refractivity contribution < 1.29 is 47.5 Å². The van der Waals surface area contributed by atoms with E-state index in [0.717, 1.165) is 36.8 Å². The average Bonchev–Trinajstić information content (AvgIpc) is 3.22. The van der Waals surface area contributed by atoms with Crippen LogP contribution in [-0.4, -0.2) is 56.5 Å². The molecule has 0 saturated heterocycles. The van der Waals surface area contributed by atoms with E-state index in [2.05, 4.69) is 9.97 Å². The number of aliphatic carboxylic acids is 2. The summed E-state index contributed by atoms with van der Waals surface area (Å²) >= 11 is 13.7. The van der Waals surface area contributed by atoms with E-state index in [1.165, 1.54) is 12.1 Å². The molecule has 0 radical (unpaired) electrons. The maximum atomic E-state index is 15.2. The Hall–Kier alpha value is -5.40. The van der Waals surface area contributed by atoms with Crippen LogP contribution in [0, 0.1) is 25.5 Å². The molecule has 336 valence electrons. The van der Waals surface area contributed by atoms with E-state index in [0.29, 0.717) is 90.6 Å². The van der Waals surface area contributed by atoms with Gasteiger partial charge in [0.15, 0.2) is 12.2 Å². The van der Waals surface area contributed by atoms with Crippen molar-refractivity contribution in [2.75, 3.05) is 13.2 Å². The number of rotatable bonds is 8. The SMILES string of the molecule is Cc1nc2cccc(F)c2c(-c2ccc3c(c2Cl)CCCO3)c1[C@H](OC(C)(C)C)C(=O)O.Cc1nc2cccc(F)c2c(-c2ccc3c(c2Cl)CCCO3)c1[C@H](OC(C)(C)C)C(=O)O. The number of halogens is 4. The van der Waals surface area contributed by atoms with Gasteiger partial charge in [0, 0.05) is 66.7 Å². The second-order valence-corrected chi connectivity index (χ2v) is 18.6. The number of nitrogens with zero attached hydrogens (tertiary/aromatic N) is 2. The number of carboxylic acids is 2. The molecule has 2 aliphatic rings. The number of ether oxygens (including phenoxy) is 4. The lowest BCUT2D eigenvalue weighted by Gasteiger charge is -2.29. The van der Waals surface area contributed by atoms with Crippen molar-refractivity contribution in [2.24, 2.45) is 0 Å². The zero-order valence-corrected chi connectivity index (χ0v) is 38.4. The number of benzene rings is 4. The van der Waals surface area contributed by atoms with Gasteiger partial charge in [0.1, 0.15) is 23.1 Å². The van der Waals surface area contributed by atoms with Gasteiger partial charge in [-0.15, -0.1) is 0 Å². The van der Waals surface area contributed by atoms with Gasteiger partial charge in [-0.3, -0.25) is 9.97 Å². The molecular weight excluding hydrogens is 865 g/mol. The van der Waals surface area contributed by atoms with E-state index >= 15 is 8.78 Å². The molecule has 0 saturated carbocycles. The first-order valence-corrected chi connectivity index (χ1v) is 21.8. The van der Waals surface area contributed by atoms with Gasteiger partial charge in [0.05, 0.1) is 45.5 Å². The highest BCUT2D eigenvalue weighted by molar-refractivity contribution is 6.35. The normalized spacial score (nSPS) is 14.7. The number of aromatic nitrogens is 2. The van der Waals surface area contributed by atoms with Crippen molar-refractivity contribution in [3.63, 3.8) is 0 Å². The Kier molecular flexibility index (Phi) is 13.3. The van der Waals surface area contributed by atoms with Crippen molar-refractivity contribution >= 4 is 56.9 Å². The van der Waals surface area contributed by atoms with Crippen LogP contribution < -0.4 is 9.47 Å². The first kappa shape index (κ1) is 46.6. The van der Waals surface area contributed by atoms with E-state index in [-0.39, 0.29) is 10.8 Å². The third-order valence-corrected chi connectivity index (χ3v) is 11.8. The van der Waals surface area contributed by atoms with E-state index in [1.807, 2.05) is 12.1 Å². The number of hydrogen-bond donors (Lipinski definition) is 2. The fourth-order valence-corrected chi connectivity index (χ4v) is 9.08. The molecule has 64 heavy (non-hydrogen) atoms. The van der Waals surface area contributed by atoms with Crippen LogP contribution in [0.3, 0.4) is 0 Å². The van der Waals surface area contributed by atoms with Crippen molar-refractivity contribution in [2.45, 2.75) is 104 Å². The molecule has 2 aliphatic heterocycles. The summed E-state index contributed by atoms with van der Waals surface area (Å²) < 4.78 is 53.8. The van der Waals surface area contributed by atoms with Crippen LogP contribution in [0.15, 0.2) is 60.7 Å². The van der Waals surface area contributed by atoms with Gasteiger partial charge in [-0.1, -0.05) is 35.3 Å². The number of pyridine rings is 2. The van der Waals surface area contributed by atoms with Crippen molar-refractivity contribution in [1.29, 1.82) is 0 Å².